The summed E-state index contributed by atoms with van der Waals surface area (Å²) in [5, 5.41) is 10.9. The third-order valence-corrected chi connectivity index (χ3v) is 6.85. The molecule has 0 saturated carbocycles. The van der Waals surface area contributed by atoms with Crippen molar-refractivity contribution in [2.75, 3.05) is 0 Å². The van der Waals surface area contributed by atoms with Crippen LogP contribution in [0.3, 0.4) is 0 Å². The molecule has 7 heteroatoms. The van der Waals surface area contributed by atoms with Gasteiger partial charge in [0.25, 0.3) is 0 Å². The van der Waals surface area contributed by atoms with Gasteiger partial charge in [-0.15, -0.1) is 0 Å². The van der Waals surface area contributed by atoms with Crippen molar-refractivity contribution in [2.24, 2.45) is 0 Å². The quantitative estimate of drug-likeness (QED) is 0.285. The summed E-state index contributed by atoms with van der Waals surface area (Å²) in [4.78, 5) is 0. The predicted octanol–water partition coefficient (Wildman–Crippen LogP) is 11.1. The van der Waals surface area contributed by atoms with Crippen LogP contribution >= 0.6 is 0 Å². The summed E-state index contributed by atoms with van der Waals surface area (Å²) in [6.07, 6.45) is -11.4. The molecule has 0 bridgehead atoms. The highest BCUT2D eigenvalue weighted by atomic mass is 19.2. The molecule has 35 heavy (non-hydrogen) atoms. The number of phenols is 1. The number of hydrogen-bond donors (Lipinski definition) is 1. The van der Waals surface area contributed by atoms with Gasteiger partial charge in [0, 0.05) is 27.6 Å². The van der Waals surface area contributed by atoms with Gasteiger partial charge >= 0.3 is 0 Å². The molecule has 6 atom stereocenters. The second-order valence-corrected chi connectivity index (χ2v) is 9.06. The van der Waals surface area contributed by atoms with E-state index in [1.54, 1.807) is 6.92 Å². The summed E-state index contributed by atoms with van der Waals surface area (Å²) >= 11 is 0. The SMILES string of the molecule is CCC(F)c1cc2c(O)c(C(F)CC)c(C(F)CC)c(C(F)CC)c2c(C(F)CC)c1C(F)CC. The molecule has 2 aromatic carbocycles. The van der Waals surface area contributed by atoms with Crippen molar-refractivity contribution in [3.05, 3.63) is 39.4 Å². The van der Waals surface area contributed by atoms with Crippen molar-refractivity contribution < 1.29 is 31.4 Å². The number of alkyl halides is 6. The van der Waals surface area contributed by atoms with Gasteiger partial charge in [-0.25, -0.2) is 26.3 Å². The number of fused-ring (bicyclic) bond motifs is 1. The first-order chi connectivity index (χ1) is 16.6. The summed E-state index contributed by atoms with van der Waals surface area (Å²) < 4.78 is 92.5. The molecule has 0 spiro atoms. The average Bonchev–Trinajstić information content (AvgIpc) is 2.88. The van der Waals surface area contributed by atoms with Crippen LogP contribution in [0.25, 0.3) is 10.8 Å². The first kappa shape index (κ1) is 29.3. The van der Waals surface area contributed by atoms with E-state index in [4.69, 9.17) is 0 Å². The van der Waals surface area contributed by atoms with E-state index in [1.807, 2.05) is 0 Å². The van der Waals surface area contributed by atoms with Crippen LogP contribution in [0, 0.1) is 0 Å². The number of rotatable bonds is 12. The monoisotopic (exact) mass is 504 g/mol. The molecule has 0 saturated heterocycles. The first-order valence-electron chi connectivity index (χ1n) is 12.8. The van der Waals surface area contributed by atoms with Crippen molar-refractivity contribution in [1.82, 2.24) is 0 Å². The lowest BCUT2D eigenvalue weighted by molar-refractivity contribution is 0.278. The van der Waals surface area contributed by atoms with Gasteiger partial charge in [-0.3, -0.25) is 0 Å². The summed E-state index contributed by atoms with van der Waals surface area (Å²) in [6, 6.07) is 1.18. The predicted molar refractivity (Wildman–Crippen MR) is 130 cm³/mol. The van der Waals surface area contributed by atoms with Gasteiger partial charge in [0.2, 0.25) is 0 Å². The molecule has 0 aliphatic carbocycles. The van der Waals surface area contributed by atoms with Crippen LogP contribution in [0.15, 0.2) is 6.07 Å². The maximum absolute atomic E-state index is 15.7. The van der Waals surface area contributed by atoms with Gasteiger partial charge in [0.05, 0.1) is 0 Å². The van der Waals surface area contributed by atoms with Crippen LogP contribution in [-0.2, 0) is 0 Å². The number of hydrogen-bond acceptors (Lipinski definition) is 1. The fourth-order valence-corrected chi connectivity index (χ4v) is 4.92. The lowest BCUT2D eigenvalue weighted by atomic mass is 9.78. The van der Waals surface area contributed by atoms with Crippen molar-refractivity contribution in [3.63, 3.8) is 0 Å². The van der Waals surface area contributed by atoms with Crippen molar-refractivity contribution in [1.29, 1.82) is 0 Å². The van der Waals surface area contributed by atoms with E-state index in [0.717, 1.165) is 0 Å². The highest BCUT2D eigenvalue weighted by Gasteiger charge is 2.36. The molecule has 1 N–H and O–H groups in total. The van der Waals surface area contributed by atoms with Gasteiger partial charge in [-0.1, -0.05) is 41.5 Å². The maximum Gasteiger partial charge on any atom is 0.129 e. The molecule has 6 unspecified atom stereocenters. The van der Waals surface area contributed by atoms with Crippen molar-refractivity contribution in [3.8, 4) is 5.75 Å². The molecule has 0 fully saturated rings. The Labute approximate surface area is 204 Å². The molecule has 198 valence electrons. The third kappa shape index (κ3) is 5.29. The van der Waals surface area contributed by atoms with Crippen LogP contribution in [-0.4, -0.2) is 5.11 Å². The second kappa shape index (κ2) is 12.4. The summed E-state index contributed by atoms with van der Waals surface area (Å²) in [5.41, 5.74) is -1.64. The largest absolute Gasteiger partial charge is 0.507 e. The number of aromatic hydroxyl groups is 1. The van der Waals surface area contributed by atoms with Crippen LogP contribution in [0.5, 0.6) is 5.75 Å². The molecule has 0 amide bonds. The third-order valence-electron chi connectivity index (χ3n) is 6.85. The molecular formula is C28H38F6O. The smallest absolute Gasteiger partial charge is 0.129 e. The molecule has 0 aliphatic heterocycles. The number of halogens is 6. The Morgan fingerprint density at radius 1 is 0.514 bits per heavy atom. The summed E-state index contributed by atoms with van der Waals surface area (Å²) in [5.74, 6) is -0.667. The normalized spacial score (nSPS) is 17.3. The highest BCUT2D eigenvalue weighted by molar-refractivity contribution is 5.98. The average molecular weight is 505 g/mol. The lowest BCUT2D eigenvalue weighted by Crippen LogP contribution is -2.14. The highest BCUT2D eigenvalue weighted by Crippen LogP contribution is 2.53. The Morgan fingerprint density at radius 3 is 1.29 bits per heavy atom. The van der Waals surface area contributed by atoms with E-state index >= 15 is 26.3 Å². The summed E-state index contributed by atoms with van der Waals surface area (Å²) in [6.45, 7) is 9.10. The standard InChI is InChI=1S/C28H38F6O/c1-7-16(29)14-13-15-23(24(18(31)9-3)22(14)17(30)8-2)25(19(32)10-4)26(20(33)11-5)27(28(15)35)21(34)12-6/h13,16-21,35H,7-12H2,1-6H3. The molecule has 0 aromatic heterocycles. The topological polar surface area (TPSA) is 20.2 Å². The number of benzene rings is 2. The second-order valence-electron chi connectivity index (χ2n) is 9.06. The Hall–Kier alpha value is -1.92. The Morgan fingerprint density at radius 2 is 0.857 bits per heavy atom. The van der Waals surface area contributed by atoms with Crippen LogP contribution in [0.1, 0.15) is 150 Å². The van der Waals surface area contributed by atoms with Crippen LogP contribution in [0.4, 0.5) is 26.3 Å². The zero-order valence-electron chi connectivity index (χ0n) is 21.5. The lowest BCUT2D eigenvalue weighted by Gasteiger charge is -2.30. The Balaban J connectivity index is 3.41. The van der Waals surface area contributed by atoms with Gasteiger partial charge in [0.1, 0.15) is 42.8 Å². The van der Waals surface area contributed by atoms with Crippen LogP contribution in [0.2, 0.25) is 0 Å². The maximum atomic E-state index is 15.7. The van der Waals surface area contributed by atoms with E-state index in [2.05, 4.69) is 0 Å². The zero-order valence-corrected chi connectivity index (χ0v) is 21.5. The Kier molecular flexibility index (Phi) is 10.3. The first-order valence-corrected chi connectivity index (χ1v) is 12.8. The molecule has 0 heterocycles. The fraction of sp³-hybridized carbons (Fsp3) is 0.643. The van der Waals surface area contributed by atoms with Crippen LogP contribution < -0.4 is 0 Å². The zero-order chi connectivity index (χ0) is 26.6. The summed E-state index contributed by atoms with van der Waals surface area (Å²) in [7, 11) is 0. The molecule has 0 aliphatic rings. The van der Waals surface area contributed by atoms with Crippen molar-refractivity contribution in [2.45, 2.75) is 117 Å². The minimum absolute atomic E-state index is 0.0419. The fourth-order valence-electron chi connectivity index (χ4n) is 4.92. The van der Waals surface area contributed by atoms with E-state index in [9.17, 15) is 5.11 Å². The van der Waals surface area contributed by atoms with Gasteiger partial charge < -0.3 is 5.11 Å². The molecule has 1 nitrogen and oxygen atoms in total. The van der Waals surface area contributed by atoms with Crippen molar-refractivity contribution >= 4 is 10.8 Å². The molecular weight excluding hydrogens is 466 g/mol. The minimum atomic E-state index is -1.84. The van der Waals surface area contributed by atoms with E-state index in [0.29, 0.717) is 0 Å². The molecule has 2 aromatic rings. The Bertz CT molecular complexity index is 991. The minimum Gasteiger partial charge on any atom is -0.507 e. The molecule has 2 rings (SSSR count). The van der Waals surface area contributed by atoms with Gasteiger partial charge in [-0.05, 0) is 61.1 Å². The van der Waals surface area contributed by atoms with E-state index < -0.39 is 48.3 Å². The van der Waals surface area contributed by atoms with Gasteiger partial charge in [0.15, 0.2) is 0 Å². The number of phenolic OH excluding ortho intramolecular Hbond substituents is 1. The molecule has 0 radical (unpaired) electrons. The van der Waals surface area contributed by atoms with Gasteiger partial charge in [-0.2, -0.15) is 0 Å². The van der Waals surface area contributed by atoms with E-state index in [1.165, 1.54) is 40.7 Å². The van der Waals surface area contributed by atoms with E-state index in [-0.39, 0.29) is 77.1 Å².